The monoisotopic (exact) mass is 346 g/mol. The van der Waals surface area contributed by atoms with Crippen molar-refractivity contribution in [3.63, 3.8) is 0 Å². The number of carbonyl (C=O) groups excluding carboxylic acids is 1. The van der Waals surface area contributed by atoms with Gasteiger partial charge in [0.1, 0.15) is 11.9 Å². The molecule has 0 radical (unpaired) electrons. The van der Waals surface area contributed by atoms with Crippen molar-refractivity contribution in [2.75, 3.05) is 6.61 Å². The number of amides is 1. The van der Waals surface area contributed by atoms with Crippen LogP contribution < -0.4 is 5.73 Å². The van der Waals surface area contributed by atoms with E-state index in [2.05, 4.69) is 21.9 Å². The van der Waals surface area contributed by atoms with Crippen LogP contribution in [0.25, 0.3) is 0 Å². The molecule has 1 aliphatic rings. The van der Waals surface area contributed by atoms with Gasteiger partial charge < -0.3 is 20.7 Å². The first kappa shape index (κ1) is 17.0. The first-order chi connectivity index (χ1) is 12.0. The second-order valence-corrected chi connectivity index (χ2v) is 5.41. The smallest absolute Gasteiger partial charge is 0.288 e. The number of ether oxygens (including phenoxy) is 1. The van der Waals surface area contributed by atoms with Crippen molar-refractivity contribution in [1.29, 1.82) is 0 Å². The van der Waals surface area contributed by atoms with Crippen LogP contribution in [0.2, 0.25) is 0 Å². The molecule has 8 nitrogen and oxygen atoms in total. The molecule has 1 saturated heterocycles. The number of halogens is 1. The Balaban J connectivity index is 1.97. The van der Waals surface area contributed by atoms with Gasteiger partial charge in [-0.1, -0.05) is 18.1 Å². The zero-order valence-electron chi connectivity index (χ0n) is 13.0. The van der Waals surface area contributed by atoms with Gasteiger partial charge in [-0.3, -0.25) is 4.79 Å². The average Bonchev–Trinajstić information content (AvgIpc) is 3.17. The second kappa shape index (κ2) is 6.98. The van der Waals surface area contributed by atoms with Gasteiger partial charge >= 0.3 is 0 Å². The van der Waals surface area contributed by atoms with E-state index in [1.165, 1.54) is 22.9 Å². The van der Waals surface area contributed by atoms with Crippen LogP contribution in [0, 0.1) is 17.7 Å². The summed E-state index contributed by atoms with van der Waals surface area (Å²) in [7, 11) is 0. The van der Waals surface area contributed by atoms with Crippen LogP contribution >= 0.6 is 0 Å². The van der Waals surface area contributed by atoms with E-state index in [1.54, 1.807) is 6.07 Å². The number of nitrogens with two attached hydrogens (primary N) is 1. The molecule has 0 aliphatic carbocycles. The molecule has 2 aromatic rings. The van der Waals surface area contributed by atoms with Crippen LogP contribution in [-0.4, -0.2) is 49.7 Å². The molecule has 3 atom stereocenters. The van der Waals surface area contributed by atoms with Crippen LogP contribution in [0.4, 0.5) is 4.39 Å². The number of hydrogen-bond acceptors (Lipinski definition) is 6. The van der Waals surface area contributed by atoms with Crippen molar-refractivity contribution in [3.8, 4) is 11.8 Å². The van der Waals surface area contributed by atoms with E-state index in [9.17, 15) is 19.4 Å². The summed E-state index contributed by atoms with van der Waals surface area (Å²) in [6, 6.07) is 5.94. The molecule has 3 rings (SSSR count). The second-order valence-electron chi connectivity index (χ2n) is 5.41. The third kappa shape index (κ3) is 3.51. The van der Waals surface area contributed by atoms with Crippen LogP contribution in [0.5, 0.6) is 0 Å². The first-order valence-electron chi connectivity index (χ1n) is 7.47. The molecule has 1 aliphatic heterocycles. The van der Waals surface area contributed by atoms with Crippen LogP contribution in [-0.2, 0) is 4.74 Å². The topological polar surface area (TPSA) is 123 Å². The van der Waals surface area contributed by atoms with Gasteiger partial charge in [0.25, 0.3) is 5.91 Å². The quantitative estimate of drug-likeness (QED) is 0.647. The summed E-state index contributed by atoms with van der Waals surface area (Å²) in [5.74, 6) is 3.66. The predicted octanol–water partition coefficient (Wildman–Crippen LogP) is -0.443. The van der Waals surface area contributed by atoms with Crippen molar-refractivity contribution in [3.05, 3.63) is 47.3 Å². The minimum Gasteiger partial charge on any atom is -0.394 e. The van der Waals surface area contributed by atoms with Gasteiger partial charge in [-0.25, -0.2) is 9.07 Å². The average molecular weight is 346 g/mol. The number of benzene rings is 1. The Bertz CT molecular complexity index is 857. The maximum absolute atomic E-state index is 13.7. The molecule has 1 aromatic carbocycles. The SMILES string of the molecule is NC(=O)c1nc(C#Cc2ccccc2F)n([C@H]2CC(O)[C@@H](CO)O2)n1. The minimum atomic E-state index is -0.899. The van der Waals surface area contributed by atoms with Gasteiger partial charge in [0.05, 0.1) is 18.3 Å². The lowest BCUT2D eigenvalue weighted by Crippen LogP contribution is -2.24. The molecule has 0 bridgehead atoms. The number of aliphatic hydroxyl groups is 2. The molecule has 1 amide bonds. The zero-order chi connectivity index (χ0) is 18.0. The van der Waals surface area contributed by atoms with E-state index in [0.29, 0.717) is 0 Å². The summed E-state index contributed by atoms with van der Waals surface area (Å²) < 4.78 is 20.4. The fraction of sp³-hybridized carbons (Fsp3) is 0.312. The standard InChI is InChI=1S/C16H15FN4O4/c17-10-4-2-1-3-9(10)5-6-13-19-16(15(18)24)20-21(13)14-7-11(23)12(8-22)25-14/h1-4,11-12,14,22-23H,7-8H2,(H2,18,24)/t11?,12-,14-/m1/s1. The molecule has 0 spiro atoms. The van der Waals surface area contributed by atoms with Gasteiger partial charge in [0.2, 0.25) is 11.6 Å². The van der Waals surface area contributed by atoms with Crippen LogP contribution in [0.3, 0.4) is 0 Å². The van der Waals surface area contributed by atoms with E-state index in [1.807, 2.05) is 0 Å². The number of aliphatic hydroxyl groups excluding tert-OH is 2. The van der Waals surface area contributed by atoms with Gasteiger partial charge in [-0.05, 0) is 18.1 Å². The maximum Gasteiger partial charge on any atom is 0.288 e. The van der Waals surface area contributed by atoms with E-state index in [-0.39, 0.29) is 30.2 Å². The molecule has 9 heteroatoms. The summed E-state index contributed by atoms with van der Waals surface area (Å²) in [5, 5.41) is 23.0. The van der Waals surface area contributed by atoms with E-state index in [4.69, 9.17) is 10.5 Å². The molecule has 0 saturated carbocycles. The van der Waals surface area contributed by atoms with Crippen molar-refractivity contribution in [2.45, 2.75) is 24.9 Å². The number of rotatable bonds is 3. The third-order valence-corrected chi connectivity index (χ3v) is 3.69. The van der Waals surface area contributed by atoms with Crippen molar-refractivity contribution >= 4 is 5.91 Å². The van der Waals surface area contributed by atoms with Crippen molar-refractivity contribution in [2.24, 2.45) is 5.73 Å². The molecule has 25 heavy (non-hydrogen) atoms. The minimum absolute atomic E-state index is 0.0350. The summed E-state index contributed by atoms with van der Waals surface area (Å²) >= 11 is 0. The molecule has 1 aromatic heterocycles. The summed E-state index contributed by atoms with van der Waals surface area (Å²) in [4.78, 5) is 15.3. The number of primary amides is 1. The molecule has 130 valence electrons. The lowest BCUT2D eigenvalue weighted by atomic mass is 10.2. The largest absolute Gasteiger partial charge is 0.394 e. The Hall–Kier alpha value is -2.80. The fourth-order valence-electron chi connectivity index (χ4n) is 2.43. The Morgan fingerprint density at radius 3 is 2.84 bits per heavy atom. The lowest BCUT2D eigenvalue weighted by Gasteiger charge is -2.12. The highest BCUT2D eigenvalue weighted by Gasteiger charge is 2.36. The van der Waals surface area contributed by atoms with Gasteiger partial charge in [0.15, 0.2) is 6.23 Å². The maximum atomic E-state index is 13.7. The van der Waals surface area contributed by atoms with Crippen molar-refractivity contribution in [1.82, 2.24) is 14.8 Å². The highest BCUT2D eigenvalue weighted by atomic mass is 19.1. The lowest BCUT2D eigenvalue weighted by molar-refractivity contribution is -0.0488. The van der Waals surface area contributed by atoms with Crippen molar-refractivity contribution < 1.29 is 24.1 Å². The predicted molar refractivity (Wildman–Crippen MR) is 82.5 cm³/mol. The Kier molecular flexibility index (Phi) is 4.76. The molecular weight excluding hydrogens is 331 g/mol. The summed E-state index contributed by atoms with van der Waals surface area (Å²) in [6.07, 6.45) is -2.33. The number of carbonyl (C=O) groups is 1. The van der Waals surface area contributed by atoms with E-state index in [0.717, 1.165) is 0 Å². The normalized spacial score (nSPS) is 22.4. The van der Waals surface area contributed by atoms with Crippen LogP contribution in [0.1, 0.15) is 34.7 Å². The fourth-order valence-corrected chi connectivity index (χ4v) is 2.43. The zero-order valence-corrected chi connectivity index (χ0v) is 13.0. The number of aromatic nitrogens is 3. The molecule has 4 N–H and O–H groups in total. The molecular formula is C16H15FN4O4. The molecule has 1 unspecified atom stereocenters. The summed E-state index contributed by atoms with van der Waals surface area (Å²) in [5.41, 5.74) is 5.34. The highest BCUT2D eigenvalue weighted by molar-refractivity contribution is 5.88. The first-order valence-corrected chi connectivity index (χ1v) is 7.47. The summed E-state index contributed by atoms with van der Waals surface area (Å²) in [6.45, 7) is -0.370. The van der Waals surface area contributed by atoms with Gasteiger partial charge in [0, 0.05) is 6.42 Å². The number of nitrogens with zero attached hydrogens (tertiary/aromatic N) is 3. The Morgan fingerprint density at radius 2 is 2.20 bits per heavy atom. The van der Waals surface area contributed by atoms with Gasteiger partial charge in [-0.15, -0.1) is 5.10 Å². The third-order valence-electron chi connectivity index (χ3n) is 3.69. The van der Waals surface area contributed by atoms with E-state index < -0.39 is 30.2 Å². The van der Waals surface area contributed by atoms with E-state index >= 15 is 0 Å². The molecule has 2 heterocycles. The van der Waals surface area contributed by atoms with Crippen LogP contribution in [0.15, 0.2) is 24.3 Å². The Labute approximate surface area is 142 Å². The Morgan fingerprint density at radius 1 is 1.44 bits per heavy atom. The highest BCUT2D eigenvalue weighted by Crippen LogP contribution is 2.28. The molecule has 1 fully saturated rings. The number of hydrogen-bond donors (Lipinski definition) is 3. The van der Waals surface area contributed by atoms with Gasteiger partial charge in [-0.2, -0.15) is 4.98 Å².